The van der Waals surface area contributed by atoms with Gasteiger partial charge < -0.3 is 5.11 Å². The van der Waals surface area contributed by atoms with E-state index >= 15 is 0 Å². The first kappa shape index (κ1) is 17.9. The molecule has 2 aromatic heterocycles. The minimum atomic E-state index is -0.629. The van der Waals surface area contributed by atoms with Gasteiger partial charge in [0.15, 0.2) is 0 Å². The summed E-state index contributed by atoms with van der Waals surface area (Å²) < 4.78 is 0. The second-order valence-electron chi connectivity index (χ2n) is 8.30. The largest absolute Gasteiger partial charge is 0.387 e. The molecule has 2 fully saturated rings. The van der Waals surface area contributed by atoms with Crippen LogP contribution in [0.4, 0.5) is 0 Å². The van der Waals surface area contributed by atoms with Crippen LogP contribution in [-0.2, 0) is 6.54 Å². The van der Waals surface area contributed by atoms with Gasteiger partial charge in [0.2, 0.25) is 0 Å². The van der Waals surface area contributed by atoms with Crippen molar-refractivity contribution in [2.75, 3.05) is 5.75 Å². The zero-order valence-corrected chi connectivity index (χ0v) is 17.4. The Kier molecular flexibility index (Phi) is 4.46. The van der Waals surface area contributed by atoms with E-state index in [0.29, 0.717) is 12.1 Å². The van der Waals surface area contributed by atoms with Gasteiger partial charge >= 0.3 is 0 Å². The van der Waals surface area contributed by atoms with Crippen molar-refractivity contribution in [2.45, 2.75) is 69.1 Å². The second kappa shape index (κ2) is 6.72. The molecule has 7 heteroatoms. The molecule has 2 saturated heterocycles. The Morgan fingerprint density at radius 3 is 2.70 bits per heavy atom. The van der Waals surface area contributed by atoms with Crippen LogP contribution in [0.25, 0.3) is 10.4 Å². The highest BCUT2D eigenvalue weighted by atomic mass is 32.2. The number of thiophene rings is 1. The molecule has 3 atom stereocenters. The van der Waals surface area contributed by atoms with Crippen LogP contribution in [0.3, 0.4) is 0 Å². The third-order valence-electron chi connectivity index (χ3n) is 6.45. The lowest BCUT2D eigenvalue weighted by molar-refractivity contribution is -0.0537. The molecule has 5 heterocycles. The van der Waals surface area contributed by atoms with Crippen molar-refractivity contribution in [3.63, 3.8) is 0 Å². The summed E-state index contributed by atoms with van der Waals surface area (Å²) in [5.74, 6) is 0.969. The number of hydrogen-bond acceptors (Lipinski definition) is 6. The summed E-state index contributed by atoms with van der Waals surface area (Å²) in [6, 6.07) is 0.948. The van der Waals surface area contributed by atoms with E-state index in [-0.39, 0.29) is 5.37 Å². The number of nitrogens with zero attached hydrogens (tertiary/aromatic N) is 3. The number of aromatic nitrogens is 2. The summed E-state index contributed by atoms with van der Waals surface area (Å²) in [6.45, 7) is 5.30. The second-order valence-corrected chi connectivity index (χ2v) is 10.2. The predicted octanol–water partition coefficient (Wildman–Crippen LogP) is 3.84. The van der Waals surface area contributed by atoms with Gasteiger partial charge in [-0.2, -0.15) is 5.10 Å². The Morgan fingerprint density at radius 2 is 2.07 bits per heavy atom. The van der Waals surface area contributed by atoms with E-state index in [0.717, 1.165) is 25.1 Å². The highest BCUT2D eigenvalue weighted by Gasteiger charge is 2.51. The van der Waals surface area contributed by atoms with Gasteiger partial charge in [-0.15, -0.1) is 23.1 Å². The topological polar surface area (TPSA) is 64.5 Å². The Morgan fingerprint density at radius 1 is 1.30 bits per heavy atom. The number of aromatic amines is 1. The van der Waals surface area contributed by atoms with Gasteiger partial charge in [0.25, 0.3) is 0 Å². The molecule has 0 aromatic carbocycles. The molecule has 2 aromatic rings. The van der Waals surface area contributed by atoms with E-state index in [1.807, 2.05) is 35.5 Å². The molecule has 3 aliphatic rings. The van der Waals surface area contributed by atoms with Crippen molar-refractivity contribution in [2.24, 2.45) is 4.99 Å². The fourth-order valence-electron chi connectivity index (χ4n) is 5.03. The quantitative estimate of drug-likeness (QED) is 0.816. The Bertz CT molecular complexity index is 845. The Hall–Kier alpha value is -1.15. The highest BCUT2D eigenvalue weighted by Crippen LogP contribution is 2.47. The number of fused-ring (bicyclic) bond motifs is 2. The maximum Gasteiger partial charge on any atom is 0.124 e. The van der Waals surface area contributed by atoms with Crippen LogP contribution in [0.1, 0.15) is 43.7 Å². The maximum atomic E-state index is 11.4. The third kappa shape index (κ3) is 3.09. The molecule has 0 saturated carbocycles. The fourth-order valence-corrected chi connectivity index (χ4v) is 7.32. The molecule has 0 aliphatic carbocycles. The van der Waals surface area contributed by atoms with E-state index in [9.17, 15) is 5.11 Å². The average Bonchev–Trinajstić information content (AvgIpc) is 3.40. The summed E-state index contributed by atoms with van der Waals surface area (Å²) in [5.41, 5.74) is 4.51. The Balaban J connectivity index is 1.34. The van der Waals surface area contributed by atoms with Crippen molar-refractivity contribution < 1.29 is 5.11 Å². The summed E-state index contributed by atoms with van der Waals surface area (Å²) in [6.07, 6.45) is 7.98. The molecule has 5 rings (SSSR count). The lowest BCUT2D eigenvalue weighted by atomic mass is 9.85. The highest BCUT2D eigenvalue weighted by molar-refractivity contribution is 8.01. The normalized spacial score (nSPS) is 33.6. The average molecular weight is 403 g/mol. The first-order valence-electron chi connectivity index (χ1n) is 9.72. The maximum absolute atomic E-state index is 11.4. The van der Waals surface area contributed by atoms with Gasteiger partial charge in [0, 0.05) is 46.7 Å². The van der Waals surface area contributed by atoms with E-state index < -0.39 is 5.60 Å². The van der Waals surface area contributed by atoms with Gasteiger partial charge in [0.05, 0.1) is 11.8 Å². The van der Waals surface area contributed by atoms with Crippen molar-refractivity contribution in [1.29, 1.82) is 0 Å². The molecule has 2 bridgehead atoms. The molecule has 27 heavy (non-hydrogen) atoms. The summed E-state index contributed by atoms with van der Waals surface area (Å²) in [4.78, 5) is 8.70. The first-order valence-corrected chi connectivity index (χ1v) is 11.7. The smallest absolute Gasteiger partial charge is 0.124 e. The molecule has 0 amide bonds. The van der Waals surface area contributed by atoms with Gasteiger partial charge in [-0.1, -0.05) is 0 Å². The Labute approximate surface area is 168 Å². The number of rotatable bonds is 4. The van der Waals surface area contributed by atoms with Crippen LogP contribution < -0.4 is 0 Å². The molecule has 144 valence electrons. The molecule has 5 nitrogen and oxygen atoms in total. The summed E-state index contributed by atoms with van der Waals surface area (Å²) in [7, 11) is 0. The van der Waals surface area contributed by atoms with Crippen LogP contribution in [0.15, 0.2) is 22.8 Å². The number of H-pyrrole nitrogens is 1. The third-order valence-corrected chi connectivity index (χ3v) is 9.08. The lowest BCUT2D eigenvalue weighted by Gasteiger charge is -2.45. The van der Waals surface area contributed by atoms with E-state index in [2.05, 4.69) is 34.3 Å². The van der Waals surface area contributed by atoms with E-state index in [1.54, 1.807) is 0 Å². The number of hydrogen-bond donors (Lipinski definition) is 2. The number of piperidine rings is 1. The van der Waals surface area contributed by atoms with Crippen LogP contribution in [0.5, 0.6) is 0 Å². The first-order chi connectivity index (χ1) is 13.0. The van der Waals surface area contributed by atoms with Crippen molar-refractivity contribution in [1.82, 2.24) is 15.1 Å². The minimum Gasteiger partial charge on any atom is -0.387 e. The number of thioether (sulfide) groups is 1. The molecular weight excluding hydrogens is 376 g/mol. The SMILES string of the molecule is CC1=NC(C2(O)CC3CCC(C2)N3Cc2csc(-c3cn[nH]c3)c2C)SC1. The minimum absolute atomic E-state index is 0.0401. The van der Waals surface area contributed by atoms with Crippen LogP contribution >= 0.6 is 23.1 Å². The number of aliphatic hydroxyl groups is 1. The predicted molar refractivity (Wildman–Crippen MR) is 113 cm³/mol. The van der Waals surface area contributed by atoms with Gasteiger partial charge in [-0.05, 0) is 56.0 Å². The van der Waals surface area contributed by atoms with Crippen LogP contribution in [0.2, 0.25) is 0 Å². The van der Waals surface area contributed by atoms with Crippen molar-refractivity contribution >= 4 is 28.8 Å². The molecular formula is C20H26N4OS2. The van der Waals surface area contributed by atoms with Gasteiger partial charge in [-0.3, -0.25) is 15.0 Å². The van der Waals surface area contributed by atoms with Crippen LogP contribution in [0, 0.1) is 6.92 Å². The summed E-state index contributed by atoms with van der Waals surface area (Å²) >= 11 is 3.63. The van der Waals surface area contributed by atoms with Crippen LogP contribution in [-0.4, -0.2) is 54.7 Å². The van der Waals surface area contributed by atoms with E-state index in [1.165, 1.54) is 40.1 Å². The zero-order valence-electron chi connectivity index (χ0n) is 15.8. The van der Waals surface area contributed by atoms with E-state index in [4.69, 9.17) is 4.99 Å². The molecule has 0 radical (unpaired) electrons. The standard InChI is InChI=1S/C20H26N4OS2/c1-12-10-27-19(23-12)20(25)5-16-3-4-17(6-20)24(16)9-15-11-26-18(13(15)2)14-7-21-22-8-14/h7-8,11,16-17,19,25H,3-6,9-10H2,1-2H3,(H,21,22). The van der Waals surface area contributed by atoms with Gasteiger partial charge in [0.1, 0.15) is 5.37 Å². The molecule has 2 N–H and O–H groups in total. The molecule has 3 unspecified atom stereocenters. The number of aliphatic imine (C=N–C) groups is 1. The summed E-state index contributed by atoms with van der Waals surface area (Å²) in [5, 5.41) is 20.7. The monoisotopic (exact) mass is 402 g/mol. The lowest BCUT2D eigenvalue weighted by Crippen LogP contribution is -2.54. The number of nitrogens with one attached hydrogen (secondary N) is 1. The van der Waals surface area contributed by atoms with Crippen molar-refractivity contribution in [3.05, 3.63) is 28.9 Å². The fraction of sp³-hybridized carbons (Fsp3) is 0.600. The van der Waals surface area contributed by atoms with Crippen molar-refractivity contribution in [3.8, 4) is 10.4 Å². The molecule has 0 spiro atoms. The zero-order chi connectivity index (χ0) is 18.6. The molecule has 3 aliphatic heterocycles. The van der Waals surface area contributed by atoms with Gasteiger partial charge in [-0.25, -0.2) is 0 Å².